The molecule has 0 aromatic heterocycles. The van der Waals surface area contributed by atoms with E-state index in [0.717, 1.165) is 6.07 Å². The number of hydrazone groups is 1. The Morgan fingerprint density at radius 3 is 2.64 bits per heavy atom. The quantitative estimate of drug-likeness (QED) is 0.331. The number of para-hydroxylation sites is 1. The number of rotatable bonds is 7. The van der Waals surface area contributed by atoms with Crippen molar-refractivity contribution >= 4 is 23.6 Å². The molecule has 2 rings (SSSR count). The molecule has 0 aliphatic heterocycles. The maximum Gasteiger partial charge on any atom is 0.416 e. The van der Waals surface area contributed by atoms with Crippen molar-refractivity contribution in [2.75, 3.05) is 19.1 Å². The topological polar surface area (TPSA) is 103 Å². The molecule has 28 heavy (non-hydrogen) atoms. The van der Waals surface area contributed by atoms with E-state index in [1.54, 1.807) is 24.3 Å². The number of nitro groups is 1. The Hall–Kier alpha value is -3.63. The Morgan fingerprint density at radius 1 is 1.29 bits per heavy atom. The van der Waals surface area contributed by atoms with Gasteiger partial charge in [0.25, 0.3) is 5.69 Å². The monoisotopic (exact) mass is 397 g/mol. The van der Waals surface area contributed by atoms with Crippen LogP contribution in [0.3, 0.4) is 0 Å². The summed E-state index contributed by atoms with van der Waals surface area (Å²) in [5.41, 5.74) is 0.624. The largest absolute Gasteiger partial charge is 0.481 e. The van der Waals surface area contributed by atoms with Gasteiger partial charge in [0.1, 0.15) is 11.4 Å². The Morgan fingerprint density at radius 2 is 2.00 bits per heavy atom. The van der Waals surface area contributed by atoms with Crippen molar-refractivity contribution in [1.82, 2.24) is 0 Å². The first kappa shape index (κ1) is 20.7. The second-order valence-corrected chi connectivity index (χ2v) is 5.26. The summed E-state index contributed by atoms with van der Waals surface area (Å²) in [6.45, 7) is -0.334. The fourth-order valence-corrected chi connectivity index (χ4v) is 2.04. The number of nitro benzene ring substituents is 1. The second-order valence-electron chi connectivity index (χ2n) is 5.26. The van der Waals surface area contributed by atoms with Crippen LogP contribution in [0.15, 0.2) is 47.6 Å². The number of benzene rings is 2. The van der Waals surface area contributed by atoms with Crippen LogP contribution >= 0.6 is 0 Å². The van der Waals surface area contributed by atoms with Gasteiger partial charge in [0.05, 0.1) is 23.8 Å². The SMILES string of the molecule is COC(=O)COc1ccccc1/C=N\Nc1ccc(C(F)(F)F)cc1[N+](=O)[O-]. The van der Waals surface area contributed by atoms with Crippen LogP contribution < -0.4 is 10.2 Å². The van der Waals surface area contributed by atoms with E-state index in [4.69, 9.17) is 4.74 Å². The molecule has 0 atom stereocenters. The first-order chi connectivity index (χ1) is 13.2. The molecule has 0 saturated carbocycles. The minimum absolute atomic E-state index is 0.220. The minimum atomic E-state index is -4.71. The maximum atomic E-state index is 12.7. The van der Waals surface area contributed by atoms with Gasteiger partial charge in [0.15, 0.2) is 6.61 Å². The van der Waals surface area contributed by atoms with Gasteiger partial charge in [0.2, 0.25) is 0 Å². The molecule has 0 unspecified atom stereocenters. The molecule has 1 N–H and O–H groups in total. The molecule has 0 saturated heterocycles. The summed E-state index contributed by atoms with van der Waals surface area (Å²) in [7, 11) is 1.21. The predicted octanol–water partition coefficient (Wildman–Crippen LogP) is 3.61. The number of halogens is 3. The average molecular weight is 397 g/mol. The van der Waals surface area contributed by atoms with E-state index >= 15 is 0 Å². The molecule has 0 bridgehead atoms. The third-order valence-corrected chi connectivity index (χ3v) is 3.40. The van der Waals surface area contributed by atoms with Crippen LogP contribution in [0.1, 0.15) is 11.1 Å². The van der Waals surface area contributed by atoms with Crippen molar-refractivity contribution in [1.29, 1.82) is 0 Å². The fourth-order valence-electron chi connectivity index (χ4n) is 2.04. The van der Waals surface area contributed by atoms with Crippen LogP contribution in [-0.4, -0.2) is 30.8 Å². The Bertz CT molecular complexity index is 900. The number of hydrogen-bond acceptors (Lipinski definition) is 7. The number of carbonyl (C=O) groups excluding carboxylic acids is 1. The molecule has 11 heteroatoms. The second kappa shape index (κ2) is 8.84. The van der Waals surface area contributed by atoms with E-state index < -0.39 is 28.3 Å². The molecule has 0 amide bonds. The lowest BCUT2D eigenvalue weighted by molar-refractivity contribution is -0.384. The van der Waals surface area contributed by atoms with E-state index in [0.29, 0.717) is 23.4 Å². The van der Waals surface area contributed by atoms with E-state index in [9.17, 15) is 28.1 Å². The standard InChI is InChI=1S/C17H14F3N3O5/c1-27-16(24)10-28-15-5-3-2-4-11(15)9-21-22-13-7-6-12(17(18,19)20)8-14(13)23(25)26/h2-9,22H,10H2,1H3/b21-9-. The average Bonchev–Trinajstić information content (AvgIpc) is 2.66. The number of anilines is 1. The molecule has 0 fully saturated rings. The lowest BCUT2D eigenvalue weighted by Gasteiger charge is -2.09. The number of hydrogen-bond donors (Lipinski definition) is 1. The van der Waals surface area contributed by atoms with E-state index in [1.165, 1.54) is 13.3 Å². The van der Waals surface area contributed by atoms with Crippen molar-refractivity contribution in [3.63, 3.8) is 0 Å². The summed E-state index contributed by atoms with van der Waals surface area (Å²) < 4.78 is 47.9. The fraction of sp³-hybridized carbons (Fsp3) is 0.176. The van der Waals surface area contributed by atoms with Gasteiger partial charge >= 0.3 is 12.1 Å². The number of nitrogens with zero attached hydrogens (tertiary/aromatic N) is 2. The van der Waals surface area contributed by atoms with Gasteiger partial charge in [-0.1, -0.05) is 12.1 Å². The molecule has 148 valence electrons. The van der Waals surface area contributed by atoms with Gasteiger partial charge in [-0.25, -0.2) is 4.79 Å². The maximum absolute atomic E-state index is 12.7. The van der Waals surface area contributed by atoms with Crippen LogP contribution in [0.2, 0.25) is 0 Å². The summed E-state index contributed by atoms with van der Waals surface area (Å²) in [6, 6.07) is 8.51. The van der Waals surface area contributed by atoms with E-state index in [2.05, 4.69) is 15.3 Å². The van der Waals surface area contributed by atoms with Gasteiger partial charge in [-0.3, -0.25) is 15.5 Å². The van der Waals surface area contributed by atoms with Crippen LogP contribution in [0.5, 0.6) is 5.75 Å². The zero-order valence-corrected chi connectivity index (χ0v) is 14.4. The zero-order chi connectivity index (χ0) is 20.7. The van der Waals surface area contributed by atoms with Gasteiger partial charge in [-0.2, -0.15) is 18.3 Å². The third kappa shape index (κ3) is 5.43. The Balaban J connectivity index is 2.19. The number of ether oxygens (including phenoxy) is 2. The van der Waals surface area contributed by atoms with Crippen molar-refractivity contribution in [3.8, 4) is 5.75 Å². The first-order valence-electron chi connectivity index (χ1n) is 7.65. The lowest BCUT2D eigenvalue weighted by Crippen LogP contribution is -2.13. The molecule has 0 heterocycles. The van der Waals surface area contributed by atoms with Crippen molar-refractivity contribution in [2.24, 2.45) is 5.10 Å². The molecule has 0 aliphatic rings. The summed E-state index contributed by atoms with van der Waals surface area (Å²) in [4.78, 5) is 21.3. The summed E-state index contributed by atoms with van der Waals surface area (Å²) in [5.74, 6) is -0.300. The van der Waals surface area contributed by atoms with Crippen LogP contribution in [-0.2, 0) is 15.7 Å². The highest BCUT2D eigenvalue weighted by Gasteiger charge is 2.33. The van der Waals surface area contributed by atoms with Crippen LogP contribution in [0.25, 0.3) is 0 Å². The van der Waals surface area contributed by atoms with Gasteiger partial charge in [0, 0.05) is 11.6 Å². The Labute approximate surface area is 156 Å². The van der Waals surface area contributed by atoms with E-state index in [-0.39, 0.29) is 12.3 Å². The van der Waals surface area contributed by atoms with Gasteiger partial charge in [-0.15, -0.1) is 0 Å². The normalized spacial score (nSPS) is 11.3. The lowest BCUT2D eigenvalue weighted by atomic mass is 10.1. The Kier molecular flexibility index (Phi) is 6.53. The van der Waals surface area contributed by atoms with Crippen molar-refractivity contribution < 1.29 is 32.4 Å². The number of nitrogens with one attached hydrogen (secondary N) is 1. The smallest absolute Gasteiger partial charge is 0.416 e. The predicted molar refractivity (Wildman–Crippen MR) is 93.3 cm³/mol. The molecule has 2 aromatic carbocycles. The highest BCUT2D eigenvalue weighted by Crippen LogP contribution is 2.34. The van der Waals surface area contributed by atoms with Crippen molar-refractivity contribution in [3.05, 3.63) is 63.7 Å². The van der Waals surface area contributed by atoms with Gasteiger partial charge < -0.3 is 9.47 Å². The molecule has 0 aliphatic carbocycles. The molecular weight excluding hydrogens is 383 g/mol. The highest BCUT2D eigenvalue weighted by atomic mass is 19.4. The summed E-state index contributed by atoms with van der Waals surface area (Å²) in [5, 5.41) is 14.8. The minimum Gasteiger partial charge on any atom is -0.481 e. The van der Waals surface area contributed by atoms with Crippen LogP contribution in [0.4, 0.5) is 24.5 Å². The first-order valence-corrected chi connectivity index (χ1v) is 7.65. The molecule has 0 spiro atoms. The zero-order valence-electron chi connectivity index (χ0n) is 14.4. The molecule has 2 aromatic rings. The molecule has 8 nitrogen and oxygen atoms in total. The molecular formula is C17H14F3N3O5. The van der Waals surface area contributed by atoms with Crippen molar-refractivity contribution in [2.45, 2.75) is 6.18 Å². The van der Waals surface area contributed by atoms with E-state index in [1.807, 2.05) is 0 Å². The van der Waals surface area contributed by atoms with Gasteiger partial charge in [-0.05, 0) is 24.3 Å². The molecule has 0 radical (unpaired) electrons. The number of carbonyl (C=O) groups is 1. The number of esters is 1. The highest BCUT2D eigenvalue weighted by molar-refractivity contribution is 5.84. The summed E-state index contributed by atoms with van der Waals surface area (Å²) in [6.07, 6.45) is -3.46. The number of methoxy groups -OCH3 is 1. The summed E-state index contributed by atoms with van der Waals surface area (Å²) >= 11 is 0. The third-order valence-electron chi connectivity index (χ3n) is 3.40. The number of alkyl halides is 3. The van der Waals surface area contributed by atoms with Crippen LogP contribution in [0, 0.1) is 10.1 Å².